The van der Waals surface area contributed by atoms with E-state index < -0.39 is 0 Å². The molecule has 7 heteroatoms. The van der Waals surface area contributed by atoms with Crippen molar-refractivity contribution in [3.8, 4) is 28.7 Å². The van der Waals surface area contributed by atoms with Gasteiger partial charge in [0, 0.05) is 10.6 Å². The zero-order valence-corrected chi connectivity index (χ0v) is 14.8. The molecule has 0 spiro atoms. The lowest BCUT2D eigenvalue weighted by Crippen LogP contribution is -1.97. The quantitative estimate of drug-likeness (QED) is 0.653. The molecule has 130 valence electrons. The van der Waals surface area contributed by atoms with Crippen molar-refractivity contribution in [2.75, 3.05) is 14.2 Å². The van der Waals surface area contributed by atoms with Crippen LogP contribution >= 0.6 is 11.6 Å². The second kappa shape index (κ2) is 7.44. The Bertz CT molecular complexity index is 879. The predicted octanol–water partition coefficient (Wildman–Crippen LogP) is 4.29. The third-order valence-electron chi connectivity index (χ3n) is 3.59. The summed E-state index contributed by atoms with van der Waals surface area (Å²) in [5, 5.41) is 8.73. The summed E-state index contributed by atoms with van der Waals surface area (Å²) in [5.74, 6) is 2.70. The van der Waals surface area contributed by atoms with Gasteiger partial charge < -0.3 is 18.6 Å². The largest absolute Gasteiger partial charge is 0.493 e. The third-order valence-corrected chi connectivity index (χ3v) is 3.82. The summed E-state index contributed by atoms with van der Waals surface area (Å²) in [5.41, 5.74) is 1.67. The molecule has 0 unspecified atom stereocenters. The van der Waals surface area contributed by atoms with Crippen molar-refractivity contribution in [1.29, 1.82) is 0 Å². The van der Waals surface area contributed by atoms with Crippen LogP contribution in [0.2, 0.25) is 5.02 Å². The average molecular weight is 361 g/mol. The van der Waals surface area contributed by atoms with E-state index >= 15 is 0 Å². The van der Waals surface area contributed by atoms with E-state index in [1.54, 1.807) is 32.4 Å². The maximum atomic E-state index is 5.94. The number of aryl methyl sites for hydroxylation is 1. The summed E-state index contributed by atoms with van der Waals surface area (Å²) in [4.78, 5) is 0. The van der Waals surface area contributed by atoms with Crippen LogP contribution < -0.4 is 14.2 Å². The number of ether oxygens (including phenoxy) is 3. The van der Waals surface area contributed by atoms with Crippen LogP contribution in [-0.4, -0.2) is 24.4 Å². The first-order valence-electron chi connectivity index (χ1n) is 7.54. The van der Waals surface area contributed by atoms with Gasteiger partial charge >= 0.3 is 0 Å². The van der Waals surface area contributed by atoms with Gasteiger partial charge in [0.25, 0.3) is 5.89 Å². The summed E-state index contributed by atoms with van der Waals surface area (Å²) in [7, 11) is 3.15. The van der Waals surface area contributed by atoms with Crippen molar-refractivity contribution < 1.29 is 18.6 Å². The normalized spacial score (nSPS) is 10.6. The highest BCUT2D eigenvalue weighted by atomic mass is 35.5. The highest BCUT2D eigenvalue weighted by Gasteiger charge is 2.13. The average Bonchev–Trinajstić information content (AvgIpc) is 3.09. The monoisotopic (exact) mass is 360 g/mol. The van der Waals surface area contributed by atoms with Gasteiger partial charge in [0.2, 0.25) is 5.89 Å². The van der Waals surface area contributed by atoms with Crippen LogP contribution in [0.3, 0.4) is 0 Å². The fourth-order valence-corrected chi connectivity index (χ4v) is 2.54. The summed E-state index contributed by atoms with van der Waals surface area (Å²) in [6.45, 7) is 2.09. The van der Waals surface area contributed by atoms with E-state index in [0.717, 1.165) is 16.9 Å². The molecule has 0 radical (unpaired) electrons. The summed E-state index contributed by atoms with van der Waals surface area (Å²) in [6, 6.07) is 10.8. The van der Waals surface area contributed by atoms with Gasteiger partial charge in [-0.2, -0.15) is 0 Å². The smallest absolute Gasteiger partial charge is 0.254 e. The highest BCUT2D eigenvalue weighted by Crippen LogP contribution is 2.32. The Balaban J connectivity index is 1.74. The molecule has 0 amide bonds. The Morgan fingerprint density at radius 1 is 0.960 bits per heavy atom. The van der Waals surface area contributed by atoms with E-state index in [2.05, 4.69) is 10.2 Å². The molecule has 0 bridgehead atoms. The minimum atomic E-state index is 0.169. The molecule has 6 nitrogen and oxygen atoms in total. The molecule has 1 aromatic heterocycles. The summed E-state index contributed by atoms with van der Waals surface area (Å²) in [6.07, 6.45) is 0. The van der Waals surface area contributed by atoms with Gasteiger partial charge in [-0.05, 0) is 48.9 Å². The maximum absolute atomic E-state index is 5.94. The highest BCUT2D eigenvalue weighted by molar-refractivity contribution is 6.30. The molecule has 0 atom stereocenters. The number of methoxy groups -OCH3 is 2. The molecule has 0 aliphatic rings. The van der Waals surface area contributed by atoms with Gasteiger partial charge in [0.15, 0.2) is 18.1 Å². The molecule has 1 heterocycles. The SMILES string of the molecule is COc1ccc(-c2nnc(COc3ccc(Cl)cc3C)o2)cc1OC. The lowest BCUT2D eigenvalue weighted by Gasteiger charge is -2.08. The van der Waals surface area contributed by atoms with Crippen molar-refractivity contribution in [2.24, 2.45) is 0 Å². The lowest BCUT2D eigenvalue weighted by atomic mass is 10.2. The molecule has 2 aromatic carbocycles. The van der Waals surface area contributed by atoms with E-state index in [-0.39, 0.29) is 6.61 Å². The zero-order valence-electron chi connectivity index (χ0n) is 14.1. The second-order valence-electron chi connectivity index (χ2n) is 5.27. The van der Waals surface area contributed by atoms with Crippen LogP contribution in [0.5, 0.6) is 17.2 Å². The van der Waals surface area contributed by atoms with Gasteiger partial charge in [0.05, 0.1) is 14.2 Å². The van der Waals surface area contributed by atoms with Crippen molar-refractivity contribution in [3.05, 3.63) is 52.9 Å². The Morgan fingerprint density at radius 2 is 1.72 bits per heavy atom. The lowest BCUT2D eigenvalue weighted by molar-refractivity contribution is 0.263. The maximum Gasteiger partial charge on any atom is 0.254 e. The molecule has 0 aliphatic heterocycles. The van der Waals surface area contributed by atoms with Crippen LogP contribution in [0, 0.1) is 6.92 Å². The van der Waals surface area contributed by atoms with E-state index in [1.165, 1.54) is 0 Å². The van der Waals surface area contributed by atoms with Gasteiger partial charge in [-0.1, -0.05) is 11.6 Å². The standard InChI is InChI=1S/C18H17ClN2O4/c1-11-8-13(19)5-7-14(11)24-10-17-20-21-18(25-17)12-4-6-15(22-2)16(9-12)23-3/h4-9H,10H2,1-3H3. The van der Waals surface area contributed by atoms with Crippen LogP contribution in [-0.2, 0) is 6.61 Å². The minimum absolute atomic E-state index is 0.169. The van der Waals surface area contributed by atoms with Gasteiger partial charge in [-0.25, -0.2) is 0 Å². The van der Waals surface area contributed by atoms with Crippen LogP contribution in [0.1, 0.15) is 11.5 Å². The predicted molar refractivity (Wildman–Crippen MR) is 93.4 cm³/mol. The first-order chi connectivity index (χ1) is 12.1. The molecule has 3 rings (SSSR count). The number of halogens is 1. The Labute approximate surface area is 150 Å². The van der Waals surface area contributed by atoms with E-state index in [4.69, 9.17) is 30.2 Å². The Kier molecular flexibility index (Phi) is 5.09. The molecule has 0 saturated heterocycles. The van der Waals surface area contributed by atoms with E-state index in [9.17, 15) is 0 Å². The number of benzene rings is 2. The van der Waals surface area contributed by atoms with Crippen molar-refractivity contribution >= 4 is 11.6 Å². The molecular formula is C18H17ClN2O4. The summed E-state index contributed by atoms with van der Waals surface area (Å²) >= 11 is 5.94. The number of rotatable bonds is 6. The topological polar surface area (TPSA) is 66.6 Å². The molecular weight excluding hydrogens is 344 g/mol. The number of hydrogen-bond donors (Lipinski definition) is 0. The zero-order chi connectivity index (χ0) is 17.8. The molecule has 25 heavy (non-hydrogen) atoms. The van der Waals surface area contributed by atoms with Crippen LogP contribution in [0.15, 0.2) is 40.8 Å². The third kappa shape index (κ3) is 3.85. The van der Waals surface area contributed by atoms with Gasteiger partial charge in [0.1, 0.15) is 5.75 Å². The molecule has 3 aromatic rings. The fraction of sp³-hybridized carbons (Fsp3) is 0.222. The van der Waals surface area contributed by atoms with Crippen molar-refractivity contribution in [2.45, 2.75) is 13.5 Å². The first-order valence-corrected chi connectivity index (χ1v) is 7.92. The fourth-order valence-electron chi connectivity index (χ4n) is 2.31. The number of hydrogen-bond acceptors (Lipinski definition) is 6. The van der Waals surface area contributed by atoms with E-state index in [1.807, 2.05) is 25.1 Å². The Morgan fingerprint density at radius 3 is 2.44 bits per heavy atom. The summed E-state index contributed by atoms with van der Waals surface area (Å²) < 4.78 is 21.9. The van der Waals surface area contributed by atoms with Gasteiger partial charge in [-0.3, -0.25) is 0 Å². The number of aromatic nitrogens is 2. The second-order valence-corrected chi connectivity index (χ2v) is 5.71. The molecule has 0 aliphatic carbocycles. The van der Waals surface area contributed by atoms with E-state index in [0.29, 0.717) is 28.3 Å². The molecule has 0 N–H and O–H groups in total. The number of nitrogens with zero attached hydrogens (tertiary/aromatic N) is 2. The first kappa shape index (κ1) is 17.1. The minimum Gasteiger partial charge on any atom is -0.493 e. The van der Waals surface area contributed by atoms with Crippen molar-refractivity contribution in [3.63, 3.8) is 0 Å². The van der Waals surface area contributed by atoms with Crippen LogP contribution in [0.25, 0.3) is 11.5 Å². The Hall–Kier alpha value is -2.73. The molecule has 0 saturated carbocycles. The van der Waals surface area contributed by atoms with Gasteiger partial charge in [-0.15, -0.1) is 10.2 Å². The van der Waals surface area contributed by atoms with Crippen LogP contribution in [0.4, 0.5) is 0 Å². The van der Waals surface area contributed by atoms with Crippen molar-refractivity contribution in [1.82, 2.24) is 10.2 Å². The molecule has 0 fully saturated rings.